The minimum absolute atomic E-state index is 0.0179. The summed E-state index contributed by atoms with van der Waals surface area (Å²) < 4.78 is 77.9. The number of hydrogen-bond acceptors (Lipinski definition) is 2. The molecule has 0 unspecified atom stereocenters. The predicted octanol–water partition coefficient (Wildman–Crippen LogP) is 4.76. The van der Waals surface area contributed by atoms with Crippen molar-refractivity contribution in [3.05, 3.63) is 53.6 Å². The van der Waals surface area contributed by atoms with Gasteiger partial charge in [-0.25, -0.2) is 0 Å². The molecule has 124 valence electrons. The second-order valence-corrected chi connectivity index (χ2v) is 4.60. The minimum Gasteiger partial charge on any atom is -0.406 e. The van der Waals surface area contributed by atoms with Crippen LogP contribution in [0.2, 0.25) is 0 Å². The van der Waals surface area contributed by atoms with Crippen molar-refractivity contribution in [1.29, 1.82) is 0 Å². The minimum atomic E-state index is -4.83. The second kappa shape index (κ2) is 6.11. The van der Waals surface area contributed by atoms with Gasteiger partial charge in [0.2, 0.25) is 0 Å². The molecule has 0 bridgehead atoms. The SMILES string of the molecule is OCc1cc(C(F)(F)F)ccc1-c1ccc(OC(F)(F)F)cc1. The second-order valence-electron chi connectivity index (χ2n) is 4.60. The fraction of sp³-hybridized carbons (Fsp3) is 0.200. The zero-order chi connectivity index (χ0) is 17.3. The highest BCUT2D eigenvalue weighted by Gasteiger charge is 2.32. The van der Waals surface area contributed by atoms with Crippen LogP contribution in [0.15, 0.2) is 42.5 Å². The van der Waals surface area contributed by atoms with Crippen LogP contribution in [-0.2, 0) is 12.8 Å². The summed E-state index contributed by atoms with van der Waals surface area (Å²) in [5, 5.41) is 9.24. The Morgan fingerprint density at radius 3 is 1.96 bits per heavy atom. The van der Waals surface area contributed by atoms with E-state index in [9.17, 15) is 31.4 Å². The molecule has 0 aliphatic heterocycles. The average molecular weight is 336 g/mol. The Kier molecular flexibility index (Phi) is 4.56. The molecule has 2 aromatic carbocycles. The molecule has 2 aromatic rings. The van der Waals surface area contributed by atoms with Gasteiger partial charge in [-0.2, -0.15) is 13.2 Å². The lowest BCUT2D eigenvalue weighted by Crippen LogP contribution is -2.16. The summed E-state index contributed by atoms with van der Waals surface area (Å²) in [7, 11) is 0. The van der Waals surface area contributed by atoms with Crippen molar-refractivity contribution in [2.75, 3.05) is 0 Å². The van der Waals surface area contributed by atoms with Gasteiger partial charge in [0, 0.05) is 0 Å². The van der Waals surface area contributed by atoms with Crippen LogP contribution in [-0.4, -0.2) is 11.5 Å². The maximum absolute atomic E-state index is 12.6. The predicted molar refractivity (Wildman–Crippen MR) is 69.5 cm³/mol. The number of halogens is 6. The standard InChI is InChI=1S/C15H10F6O2/c16-14(17,18)11-3-6-13(10(7-11)8-22)9-1-4-12(5-2-9)23-15(19,20)21/h1-7,22H,8H2. The van der Waals surface area contributed by atoms with E-state index in [4.69, 9.17) is 0 Å². The van der Waals surface area contributed by atoms with Gasteiger partial charge in [0.05, 0.1) is 12.2 Å². The highest BCUT2D eigenvalue weighted by atomic mass is 19.4. The van der Waals surface area contributed by atoms with Crippen LogP contribution in [0.3, 0.4) is 0 Å². The van der Waals surface area contributed by atoms with Crippen molar-refractivity contribution >= 4 is 0 Å². The topological polar surface area (TPSA) is 29.5 Å². The molecule has 2 nitrogen and oxygen atoms in total. The first-order valence-corrected chi connectivity index (χ1v) is 6.27. The zero-order valence-corrected chi connectivity index (χ0v) is 11.4. The summed E-state index contributed by atoms with van der Waals surface area (Å²) in [5.74, 6) is -0.446. The van der Waals surface area contributed by atoms with Crippen molar-refractivity contribution in [2.45, 2.75) is 19.1 Å². The molecule has 1 N–H and O–H groups in total. The van der Waals surface area contributed by atoms with E-state index in [-0.39, 0.29) is 5.56 Å². The van der Waals surface area contributed by atoms with E-state index >= 15 is 0 Å². The van der Waals surface area contributed by atoms with Crippen molar-refractivity contribution in [1.82, 2.24) is 0 Å². The van der Waals surface area contributed by atoms with Crippen molar-refractivity contribution in [3.63, 3.8) is 0 Å². The fourth-order valence-corrected chi connectivity index (χ4v) is 2.02. The van der Waals surface area contributed by atoms with E-state index in [1.165, 1.54) is 12.1 Å². The number of aliphatic hydroxyl groups is 1. The van der Waals surface area contributed by atoms with Crippen molar-refractivity contribution in [2.24, 2.45) is 0 Å². The molecule has 0 aliphatic carbocycles. The van der Waals surface area contributed by atoms with E-state index in [0.29, 0.717) is 11.1 Å². The fourth-order valence-electron chi connectivity index (χ4n) is 2.02. The number of hydrogen-bond donors (Lipinski definition) is 1. The Labute approximate surface area is 126 Å². The van der Waals surface area contributed by atoms with Gasteiger partial charge in [0.15, 0.2) is 0 Å². The van der Waals surface area contributed by atoms with Gasteiger partial charge in [-0.05, 0) is 41.0 Å². The number of alkyl halides is 6. The van der Waals surface area contributed by atoms with E-state index in [2.05, 4.69) is 4.74 Å². The third-order valence-electron chi connectivity index (χ3n) is 3.00. The summed E-state index contributed by atoms with van der Waals surface area (Å²) in [4.78, 5) is 0. The van der Waals surface area contributed by atoms with Gasteiger partial charge in [0.25, 0.3) is 0 Å². The molecule has 2 rings (SSSR count). The average Bonchev–Trinajstić information content (AvgIpc) is 2.45. The Bertz CT molecular complexity index is 674. The van der Waals surface area contributed by atoms with Crippen LogP contribution < -0.4 is 4.74 Å². The van der Waals surface area contributed by atoms with Gasteiger partial charge in [-0.1, -0.05) is 18.2 Å². The molecule has 23 heavy (non-hydrogen) atoms. The third-order valence-corrected chi connectivity index (χ3v) is 3.00. The maximum atomic E-state index is 12.6. The molecular formula is C15H10F6O2. The van der Waals surface area contributed by atoms with E-state index in [1.54, 1.807) is 0 Å². The lowest BCUT2D eigenvalue weighted by molar-refractivity contribution is -0.274. The molecule has 0 amide bonds. The van der Waals surface area contributed by atoms with Crippen LogP contribution in [0, 0.1) is 0 Å². The van der Waals surface area contributed by atoms with E-state index in [1.807, 2.05) is 0 Å². The van der Waals surface area contributed by atoms with E-state index < -0.39 is 30.5 Å². The molecular weight excluding hydrogens is 326 g/mol. The van der Waals surface area contributed by atoms with Crippen LogP contribution >= 0.6 is 0 Å². The quantitative estimate of drug-likeness (QED) is 0.819. The maximum Gasteiger partial charge on any atom is 0.573 e. The first-order chi connectivity index (χ1) is 10.6. The van der Waals surface area contributed by atoms with Crippen molar-refractivity contribution < 1.29 is 36.2 Å². The number of ether oxygens (including phenoxy) is 1. The molecule has 0 atom stereocenters. The lowest BCUT2D eigenvalue weighted by Gasteiger charge is -2.13. The lowest BCUT2D eigenvalue weighted by atomic mass is 9.97. The first kappa shape index (κ1) is 17.1. The van der Waals surface area contributed by atoms with Gasteiger partial charge < -0.3 is 9.84 Å². The van der Waals surface area contributed by atoms with Crippen LogP contribution in [0.4, 0.5) is 26.3 Å². The summed E-state index contributed by atoms with van der Waals surface area (Å²) in [6.45, 7) is -0.639. The van der Waals surface area contributed by atoms with Gasteiger partial charge in [-0.3, -0.25) is 0 Å². The molecule has 8 heteroatoms. The molecule has 0 spiro atoms. The summed E-state index contributed by atoms with van der Waals surface area (Å²) in [6.07, 6.45) is -9.38. The highest BCUT2D eigenvalue weighted by Crippen LogP contribution is 2.34. The third kappa shape index (κ3) is 4.38. The van der Waals surface area contributed by atoms with Crippen LogP contribution in [0.5, 0.6) is 5.75 Å². The highest BCUT2D eigenvalue weighted by molar-refractivity contribution is 5.68. The number of rotatable bonds is 3. The van der Waals surface area contributed by atoms with Crippen LogP contribution in [0.25, 0.3) is 11.1 Å². The Morgan fingerprint density at radius 2 is 1.48 bits per heavy atom. The molecule has 0 saturated carbocycles. The Balaban J connectivity index is 2.35. The van der Waals surface area contributed by atoms with Gasteiger partial charge >= 0.3 is 12.5 Å². The monoisotopic (exact) mass is 336 g/mol. The molecule has 0 aromatic heterocycles. The normalized spacial score (nSPS) is 12.3. The molecule has 0 saturated heterocycles. The van der Waals surface area contributed by atoms with Crippen LogP contribution in [0.1, 0.15) is 11.1 Å². The van der Waals surface area contributed by atoms with Gasteiger partial charge in [0.1, 0.15) is 5.75 Å². The van der Waals surface area contributed by atoms with Crippen molar-refractivity contribution in [3.8, 4) is 16.9 Å². The number of aliphatic hydroxyl groups excluding tert-OH is 1. The molecule has 0 aliphatic rings. The number of benzene rings is 2. The van der Waals surface area contributed by atoms with Gasteiger partial charge in [-0.15, -0.1) is 13.2 Å². The zero-order valence-electron chi connectivity index (χ0n) is 11.4. The largest absolute Gasteiger partial charge is 0.573 e. The molecule has 0 heterocycles. The molecule has 0 radical (unpaired) electrons. The molecule has 0 fully saturated rings. The summed E-state index contributed by atoms with van der Waals surface area (Å²) in [6, 6.07) is 7.42. The smallest absolute Gasteiger partial charge is 0.406 e. The Hall–Kier alpha value is -2.22. The first-order valence-electron chi connectivity index (χ1n) is 6.27. The Morgan fingerprint density at radius 1 is 0.870 bits per heavy atom. The van der Waals surface area contributed by atoms with E-state index in [0.717, 1.165) is 30.3 Å². The summed E-state index contributed by atoms with van der Waals surface area (Å²) >= 11 is 0. The summed E-state index contributed by atoms with van der Waals surface area (Å²) in [5.41, 5.74) is -0.247.